The molecule has 0 saturated carbocycles. The average molecular weight is 264 g/mol. The summed E-state index contributed by atoms with van der Waals surface area (Å²) in [4.78, 5) is 12.0. The molecule has 4 heteroatoms. The molecular formula is C15H20O4. The smallest absolute Gasteiger partial charge is 0.336 e. The highest BCUT2D eigenvalue weighted by Gasteiger charge is 2.32. The van der Waals surface area contributed by atoms with Crippen molar-refractivity contribution in [1.29, 1.82) is 0 Å². The third-order valence-electron chi connectivity index (χ3n) is 2.68. The van der Waals surface area contributed by atoms with E-state index in [0.29, 0.717) is 13.0 Å². The van der Waals surface area contributed by atoms with Gasteiger partial charge in [-0.3, -0.25) is 0 Å². The Bertz CT molecular complexity index is 422. The van der Waals surface area contributed by atoms with E-state index in [4.69, 9.17) is 14.2 Å². The van der Waals surface area contributed by atoms with Gasteiger partial charge in [0.1, 0.15) is 5.60 Å². The summed E-state index contributed by atoms with van der Waals surface area (Å²) in [6, 6.07) is 9.60. The minimum Gasteiger partial charge on any atom is -0.458 e. The Morgan fingerprint density at radius 1 is 1.26 bits per heavy atom. The van der Waals surface area contributed by atoms with Gasteiger partial charge in [0.25, 0.3) is 0 Å². The van der Waals surface area contributed by atoms with E-state index in [9.17, 15) is 4.79 Å². The standard InChI is InChI=1S/C15H20O4/c1-15(2,3)19-13(16)12-9-10-17-14(18-12)11-7-5-4-6-8-11/h4-8,12,14H,9-10H2,1-3H3/t12-,14?/m0/s1. The highest BCUT2D eigenvalue weighted by Crippen LogP contribution is 2.27. The lowest BCUT2D eigenvalue weighted by Crippen LogP contribution is -2.38. The van der Waals surface area contributed by atoms with E-state index >= 15 is 0 Å². The molecule has 1 saturated heterocycles. The maximum Gasteiger partial charge on any atom is 0.336 e. The van der Waals surface area contributed by atoms with Crippen LogP contribution in [0.15, 0.2) is 30.3 Å². The largest absolute Gasteiger partial charge is 0.458 e. The van der Waals surface area contributed by atoms with Crippen LogP contribution in [0.1, 0.15) is 39.0 Å². The molecule has 1 aromatic rings. The van der Waals surface area contributed by atoms with Gasteiger partial charge in [0.2, 0.25) is 0 Å². The Kier molecular flexibility index (Phi) is 4.22. The second kappa shape index (κ2) is 5.72. The zero-order chi connectivity index (χ0) is 13.9. The highest BCUT2D eigenvalue weighted by molar-refractivity contribution is 5.75. The second-order valence-corrected chi connectivity index (χ2v) is 5.56. The first-order chi connectivity index (χ1) is 8.96. The van der Waals surface area contributed by atoms with Crippen molar-refractivity contribution < 1.29 is 19.0 Å². The number of rotatable bonds is 2. The molecule has 1 unspecified atom stereocenters. The van der Waals surface area contributed by atoms with Gasteiger partial charge in [-0.15, -0.1) is 0 Å². The maximum atomic E-state index is 12.0. The molecule has 1 aliphatic rings. The fourth-order valence-corrected chi connectivity index (χ4v) is 1.86. The van der Waals surface area contributed by atoms with E-state index in [1.54, 1.807) is 0 Å². The van der Waals surface area contributed by atoms with Gasteiger partial charge >= 0.3 is 5.97 Å². The predicted molar refractivity (Wildman–Crippen MR) is 70.5 cm³/mol. The van der Waals surface area contributed by atoms with Crippen LogP contribution in [-0.2, 0) is 19.0 Å². The van der Waals surface area contributed by atoms with Crippen molar-refractivity contribution in [2.75, 3.05) is 6.61 Å². The van der Waals surface area contributed by atoms with Crippen LogP contribution < -0.4 is 0 Å². The summed E-state index contributed by atoms with van der Waals surface area (Å²) in [6.07, 6.45) is -0.524. The molecule has 0 aliphatic carbocycles. The van der Waals surface area contributed by atoms with Gasteiger partial charge in [-0.25, -0.2) is 4.79 Å². The molecule has 104 valence electrons. The summed E-state index contributed by atoms with van der Waals surface area (Å²) >= 11 is 0. The number of hydrogen-bond acceptors (Lipinski definition) is 4. The van der Waals surface area contributed by atoms with Crippen LogP contribution in [0.5, 0.6) is 0 Å². The molecule has 0 N–H and O–H groups in total. The van der Waals surface area contributed by atoms with Crippen molar-refractivity contribution >= 4 is 5.97 Å². The molecule has 19 heavy (non-hydrogen) atoms. The molecule has 0 bridgehead atoms. The first kappa shape index (κ1) is 14.0. The number of ether oxygens (including phenoxy) is 3. The zero-order valence-electron chi connectivity index (χ0n) is 11.6. The lowest BCUT2D eigenvalue weighted by Gasteiger charge is -2.31. The number of carbonyl (C=O) groups is 1. The molecule has 0 amide bonds. The summed E-state index contributed by atoms with van der Waals surface area (Å²) in [5.41, 5.74) is 0.414. The van der Waals surface area contributed by atoms with Crippen molar-refractivity contribution in [1.82, 2.24) is 0 Å². The van der Waals surface area contributed by atoms with Gasteiger partial charge in [-0.05, 0) is 20.8 Å². The lowest BCUT2D eigenvalue weighted by atomic mass is 10.1. The van der Waals surface area contributed by atoms with E-state index in [1.807, 2.05) is 51.1 Å². The Balaban J connectivity index is 2.00. The first-order valence-electron chi connectivity index (χ1n) is 6.50. The van der Waals surface area contributed by atoms with Crippen molar-refractivity contribution in [3.05, 3.63) is 35.9 Å². The lowest BCUT2D eigenvalue weighted by molar-refractivity contribution is -0.231. The normalized spacial score (nSPS) is 23.9. The number of benzene rings is 1. The molecule has 1 aliphatic heterocycles. The molecule has 0 aromatic heterocycles. The van der Waals surface area contributed by atoms with Crippen molar-refractivity contribution in [3.63, 3.8) is 0 Å². The fourth-order valence-electron chi connectivity index (χ4n) is 1.86. The third-order valence-corrected chi connectivity index (χ3v) is 2.68. The molecule has 0 radical (unpaired) electrons. The van der Waals surface area contributed by atoms with Crippen LogP contribution in [0, 0.1) is 0 Å². The fraction of sp³-hybridized carbons (Fsp3) is 0.533. The van der Waals surface area contributed by atoms with E-state index in [-0.39, 0.29) is 5.97 Å². The molecule has 2 atom stereocenters. The van der Waals surface area contributed by atoms with E-state index in [1.165, 1.54) is 0 Å². The van der Waals surface area contributed by atoms with Crippen molar-refractivity contribution in [2.45, 2.75) is 45.2 Å². The molecule has 1 aromatic carbocycles. The van der Waals surface area contributed by atoms with Crippen LogP contribution in [0.25, 0.3) is 0 Å². The zero-order valence-corrected chi connectivity index (χ0v) is 11.6. The van der Waals surface area contributed by atoms with Crippen LogP contribution in [0.4, 0.5) is 0 Å². The van der Waals surface area contributed by atoms with Crippen LogP contribution in [-0.4, -0.2) is 24.3 Å². The average Bonchev–Trinajstić information content (AvgIpc) is 2.38. The van der Waals surface area contributed by atoms with Gasteiger partial charge in [0.15, 0.2) is 12.4 Å². The SMILES string of the molecule is CC(C)(C)OC(=O)[C@@H]1CCOC(c2ccccc2)O1. The first-order valence-corrected chi connectivity index (χ1v) is 6.50. The van der Waals surface area contributed by atoms with Crippen LogP contribution >= 0.6 is 0 Å². The minimum absolute atomic E-state index is 0.322. The second-order valence-electron chi connectivity index (χ2n) is 5.56. The monoisotopic (exact) mass is 264 g/mol. The van der Waals surface area contributed by atoms with Crippen LogP contribution in [0.2, 0.25) is 0 Å². The Hall–Kier alpha value is -1.39. The van der Waals surface area contributed by atoms with Gasteiger partial charge in [-0.1, -0.05) is 30.3 Å². The number of carbonyl (C=O) groups excluding carboxylic acids is 1. The maximum absolute atomic E-state index is 12.0. The molecule has 4 nitrogen and oxygen atoms in total. The van der Waals surface area contributed by atoms with Gasteiger partial charge in [0, 0.05) is 12.0 Å². The Morgan fingerprint density at radius 2 is 1.95 bits per heavy atom. The van der Waals surface area contributed by atoms with Gasteiger partial charge in [-0.2, -0.15) is 0 Å². The molecule has 1 heterocycles. The molecule has 1 fully saturated rings. The van der Waals surface area contributed by atoms with Crippen molar-refractivity contribution in [3.8, 4) is 0 Å². The summed E-state index contributed by atoms with van der Waals surface area (Å²) in [5.74, 6) is -0.322. The Morgan fingerprint density at radius 3 is 2.58 bits per heavy atom. The molecular weight excluding hydrogens is 244 g/mol. The summed E-state index contributed by atoms with van der Waals surface area (Å²) in [5, 5.41) is 0. The van der Waals surface area contributed by atoms with Crippen LogP contribution in [0.3, 0.4) is 0 Å². The summed E-state index contributed by atoms with van der Waals surface area (Å²) in [7, 11) is 0. The van der Waals surface area contributed by atoms with E-state index < -0.39 is 18.0 Å². The van der Waals surface area contributed by atoms with Gasteiger partial charge in [0.05, 0.1) is 6.61 Å². The quantitative estimate of drug-likeness (QED) is 0.770. The predicted octanol–water partition coefficient (Wildman–Crippen LogP) is 2.83. The summed E-state index contributed by atoms with van der Waals surface area (Å²) < 4.78 is 16.6. The molecule has 0 spiro atoms. The third kappa shape index (κ3) is 4.04. The molecule has 2 rings (SSSR count). The van der Waals surface area contributed by atoms with E-state index in [2.05, 4.69) is 0 Å². The number of esters is 1. The topological polar surface area (TPSA) is 44.8 Å². The summed E-state index contributed by atoms with van der Waals surface area (Å²) in [6.45, 7) is 6.03. The highest BCUT2D eigenvalue weighted by atomic mass is 16.7. The van der Waals surface area contributed by atoms with Crippen molar-refractivity contribution in [2.24, 2.45) is 0 Å². The van der Waals surface area contributed by atoms with E-state index in [0.717, 1.165) is 5.56 Å². The van der Waals surface area contributed by atoms with Gasteiger partial charge < -0.3 is 14.2 Å². The minimum atomic E-state index is -0.557. The number of hydrogen-bond donors (Lipinski definition) is 0. The Labute approximate surface area is 113 Å².